The van der Waals surface area contributed by atoms with E-state index in [1.165, 1.54) is 4.88 Å². The zero-order chi connectivity index (χ0) is 13.4. The largest absolute Gasteiger partial charge is 0.259 e. The van der Waals surface area contributed by atoms with Crippen molar-refractivity contribution in [1.29, 1.82) is 0 Å². The molecule has 4 heterocycles. The summed E-state index contributed by atoms with van der Waals surface area (Å²) in [5.74, 6) is 0. The van der Waals surface area contributed by atoms with Gasteiger partial charge in [-0.15, -0.1) is 16.4 Å². The van der Waals surface area contributed by atoms with Gasteiger partial charge in [0.15, 0.2) is 5.65 Å². The van der Waals surface area contributed by atoms with E-state index in [1.54, 1.807) is 15.9 Å². The number of allylic oxidation sites excluding steroid dienone is 1. The number of aromatic nitrogens is 4. The Morgan fingerprint density at radius 1 is 1.20 bits per heavy atom. The second-order valence-corrected chi connectivity index (χ2v) is 5.47. The number of hydrogen-bond donors (Lipinski definition) is 0. The van der Waals surface area contributed by atoms with Gasteiger partial charge in [-0.1, -0.05) is 12.1 Å². The summed E-state index contributed by atoms with van der Waals surface area (Å²) in [5.41, 5.74) is 3.83. The summed E-state index contributed by atoms with van der Waals surface area (Å²) in [7, 11) is 0. The predicted octanol–water partition coefficient (Wildman–Crippen LogP) is 2.95. The topological polar surface area (TPSA) is 55.4 Å². The SMILES string of the molecule is C1=CN=C(c2ccc(-c3cccs3)c3nnnn23)CC1. The van der Waals surface area contributed by atoms with E-state index in [2.05, 4.69) is 50.2 Å². The Hall–Kier alpha value is -2.34. The molecular weight excluding hydrogens is 270 g/mol. The molecule has 98 valence electrons. The normalized spacial score (nSPS) is 14.7. The highest BCUT2D eigenvalue weighted by atomic mass is 32.1. The lowest BCUT2D eigenvalue weighted by Gasteiger charge is -2.10. The Morgan fingerprint density at radius 3 is 3.00 bits per heavy atom. The Kier molecular flexibility index (Phi) is 2.67. The first kappa shape index (κ1) is 11.5. The Bertz CT molecular complexity index is 813. The van der Waals surface area contributed by atoms with Crippen molar-refractivity contribution in [2.24, 2.45) is 4.99 Å². The quantitative estimate of drug-likeness (QED) is 0.725. The minimum atomic E-state index is 0.780. The van der Waals surface area contributed by atoms with Crippen molar-refractivity contribution in [1.82, 2.24) is 20.0 Å². The standard InChI is InChI=1S/C14H11N5S/c1-2-8-15-11(4-1)12-7-6-10(13-5-3-9-20-13)14-16-17-18-19(12)14/h2-3,5-9H,1,4H2. The molecule has 0 unspecified atom stereocenters. The van der Waals surface area contributed by atoms with Crippen molar-refractivity contribution in [3.05, 3.63) is 47.6 Å². The lowest BCUT2D eigenvalue weighted by molar-refractivity contribution is 0.814. The Labute approximate surface area is 119 Å². The van der Waals surface area contributed by atoms with Crippen LogP contribution in [0.3, 0.4) is 0 Å². The first-order valence-electron chi connectivity index (χ1n) is 6.40. The highest BCUT2D eigenvalue weighted by Gasteiger charge is 2.15. The molecule has 5 nitrogen and oxygen atoms in total. The van der Waals surface area contributed by atoms with Gasteiger partial charge in [0.05, 0.1) is 11.4 Å². The summed E-state index contributed by atoms with van der Waals surface area (Å²) in [6, 6.07) is 8.24. The van der Waals surface area contributed by atoms with E-state index >= 15 is 0 Å². The van der Waals surface area contributed by atoms with Crippen LogP contribution in [0.4, 0.5) is 0 Å². The molecule has 0 amide bonds. The minimum absolute atomic E-state index is 0.780. The van der Waals surface area contributed by atoms with Gasteiger partial charge in [-0.3, -0.25) is 4.99 Å². The van der Waals surface area contributed by atoms with Crippen molar-refractivity contribution in [2.75, 3.05) is 0 Å². The molecule has 0 spiro atoms. The van der Waals surface area contributed by atoms with Gasteiger partial charge < -0.3 is 0 Å². The van der Waals surface area contributed by atoms with Crippen LogP contribution in [-0.2, 0) is 0 Å². The Balaban J connectivity index is 1.94. The molecular formula is C14H11N5S. The van der Waals surface area contributed by atoms with Gasteiger partial charge in [-0.05, 0) is 46.8 Å². The van der Waals surface area contributed by atoms with Crippen LogP contribution in [0.1, 0.15) is 18.5 Å². The molecule has 0 radical (unpaired) electrons. The van der Waals surface area contributed by atoms with E-state index < -0.39 is 0 Å². The molecule has 4 rings (SSSR count). The maximum absolute atomic E-state index is 4.44. The molecule has 1 aliphatic heterocycles. The average Bonchev–Trinajstić information content (AvgIpc) is 3.18. The van der Waals surface area contributed by atoms with Crippen molar-refractivity contribution >= 4 is 22.7 Å². The van der Waals surface area contributed by atoms with Gasteiger partial charge in [0.2, 0.25) is 0 Å². The number of tetrazole rings is 1. The van der Waals surface area contributed by atoms with E-state index in [1.807, 2.05) is 12.3 Å². The fourth-order valence-corrected chi connectivity index (χ4v) is 3.11. The molecule has 0 aliphatic carbocycles. The number of hydrogen-bond acceptors (Lipinski definition) is 5. The van der Waals surface area contributed by atoms with Gasteiger partial charge in [0, 0.05) is 16.6 Å². The van der Waals surface area contributed by atoms with Crippen LogP contribution in [0.25, 0.3) is 16.1 Å². The van der Waals surface area contributed by atoms with Gasteiger partial charge >= 0.3 is 0 Å². The second kappa shape index (κ2) is 4.64. The maximum Gasteiger partial charge on any atom is 0.188 e. The summed E-state index contributed by atoms with van der Waals surface area (Å²) in [5, 5.41) is 14.2. The zero-order valence-corrected chi connectivity index (χ0v) is 11.4. The lowest BCUT2D eigenvalue weighted by Crippen LogP contribution is -2.10. The molecule has 0 aromatic carbocycles. The van der Waals surface area contributed by atoms with Crippen LogP contribution >= 0.6 is 11.3 Å². The lowest BCUT2D eigenvalue weighted by atomic mass is 10.1. The van der Waals surface area contributed by atoms with Crippen LogP contribution in [0, 0.1) is 0 Å². The first-order chi connectivity index (χ1) is 9.93. The average molecular weight is 281 g/mol. The molecule has 3 aromatic rings. The molecule has 20 heavy (non-hydrogen) atoms. The molecule has 0 bridgehead atoms. The third-order valence-electron chi connectivity index (χ3n) is 3.31. The predicted molar refractivity (Wildman–Crippen MR) is 79.0 cm³/mol. The minimum Gasteiger partial charge on any atom is -0.259 e. The van der Waals surface area contributed by atoms with Crippen molar-refractivity contribution in [3.63, 3.8) is 0 Å². The first-order valence-corrected chi connectivity index (χ1v) is 7.28. The van der Waals surface area contributed by atoms with Crippen molar-refractivity contribution in [2.45, 2.75) is 12.8 Å². The molecule has 3 aromatic heterocycles. The van der Waals surface area contributed by atoms with Gasteiger partial charge in [0.25, 0.3) is 0 Å². The number of pyridine rings is 1. The zero-order valence-electron chi connectivity index (χ0n) is 10.6. The van der Waals surface area contributed by atoms with Crippen LogP contribution < -0.4 is 0 Å². The van der Waals surface area contributed by atoms with Crippen LogP contribution in [0.15, 0.2) is 46.9 Å². The summed E-state index contributed by atoms with van der Waals surface area (Å²) >= 11 is 1.69. The van der Waals surface area contributed by atoms with Crippen LogP contribution in [0.2, 0.25) is 0 Å². The van der Waals surface area contributed by atoms with E-state index in [0.29, 0.717) is 0 Å². The number of nitrogens with zero attached hydrogens (tertiary/aromatic N) is 5. The molecule has 0 saturated heterocycles. The molecule has 0 saturated carbocycles. The van der Waals surface area contributed by atoms with Crippen LogP contribution in [0.5, 0.6) is 0 Å². The van der Waals surface area contributed by atoms with Gasteiger partial charge in [0.1, 0.15) is 0 Å². The van der Waals surface area contributed by atoms with Crippen LogP contribution in [-0.4, -0.2) is 25.8 Å². The van der Waals surface area contributed by atoms with E-state index in [-0.39, 0.29) is 0 Å². The number of aliphatic imine (C=N–C) groups is 1. The highest BCUT2D eigenvalue weighted by Crippen LogP contribution is 2.28. The smallest absolute Gasteiger partial charge is 0.188 e. The van der Waals surface area contributed by atoms with Crippen molar-refractivity contribution in [3.8, 4) is 10.4 Å². The van der Waals surface area contributed by atoms with E-state index in [9.17, 15) is 0 Å². The summed E-state index contributed by atoms with van der Waals surface area (Å²) in [6.07, 6.45) is 5.85. The number of thiophene rings is 1. The Morgan fingerprint density at radius 2 is 2.20 bits per heavy atom. The highest BCUT2D eigenvalue weighted by molar-refractivity contribution is 7.13. The molecule has 0 atom stereocenters. The molecule has 6 heteroatoms. The third-order valence-corrected chi connectivity index (χ3v) is 4.22. The molecule has 0 N–H and O–H groups in total. The van der Waals surface area contributed by atoms with E-state index in [4.69, 9.17) is 0 Å². The van der Waals surface area contributed by atoms with E-state index in [0.717, 1.165) is 35.5 Å². The maximum atomic E-state index is 4.44. The molecule has 1 aliphatic rings. The van der Waals surface area contributed by atoms with Gasteiger partial charge in [-0.25, -0.2) is 0 Å². The van der Waals surface area contributed by atoms with Crippen molar-refractivity contribution < 1.29 is 0 Å². The fourth-order valence-electron chi connectivity index (χ4n) is 2.36. The monoisotopic (exact) mass is 281 g/mol. The fraction of sp³-hybridized carbons (Fsp3) is 0.143. The third kappa shape index (κ3) is 1.77. The summed E-state index contributed by atoms with van der Waals surface area (Å²) in [6.45, 7) is 0. The van der Waals surface area contributed by atoms with Gasteiger partial charge in [-0.2, -0.15) is 4.52 Å². The number of rotatable bonds is 2. The second-order valence-electron chi connectivity index (χ2n) is 4.52. The summed E-state index contributed by atoms with van der Waals surface area (Å²) < 4.78 is 1.78. The molecule has 0 fully saturated rings. The summed E-state index contributed by atoms with van der Waals surface area (Å²) in [4.78, 5) is 5.61. The number of fused-ring (bicyclic) bond motifs is 1.